The molecule has 6 nitrogen and oxygen atoms in total. The van der Waals surface area contributed by atoms with Gasteiger partial charge in [-0.2, -0.15) is 0 Å². The van der Waals surface area contributed by atoms with Gasteiger partial charge in [0.15, 0.2) is 0 Å². The SMILES string of the molecule is Cc1cc(O)c(C(CC[Si](C)(O)O)c2cc(O)c(C)cc2O)cc1O. The van der Waals surface area contributed by atoms with Gasteiger partial charge in [-0.3, -0.25) is 0 Å². The first-order valence-corrected chi connectivity index (χ1v) is 10.6. The molecule has 136 valence electrons. The van der Waals surface area contributed by atoms with Gasteiger partial charge in [0.05, 0.1) is 0 Å². The summed E-state index contributed by atoms with van der Waals surface area (Å²) in [6.45, 7) is 4.67. The maximum atomic E-state index is 10.3. The Balaban J connectivity index is 2.58. The average Bonchev–Trinajstić information content (AvgIpc) is 2.48. The molecule has 7 heteroatoms. The minimum Gasteiger partial charge on any atom is -0.508 e. The summed E-state index contributed by atoms with van der Waals surface area (Å²) in [7, 11) is -3.36. The Morgan fingerprint density at radius 1 is 0.760 bits per heavy atom. The van der Waals surface area contributed by atoms with Crippen LogP contribution in [0.15, 0.2) is 24.3 Å². The molecule has 25 heavy (non-hydrogen) atoms. The second-order valence-corrected chi connectivity index (χ2v) is 9.64. The number of phenolic OH excluding ortho intramolecular Hbond substituents is 4. The first kappa shape index (κ1) is 19.1. The van der Waals surface area contributed by atoms with Crippen molar-refractivity contribution in [2.75, 3.05) is 0 Å². The smallest absolute Gasteiger partial charge is 0.329 e. The molecule has 2 aromatic carbocycles. The van der Waals surface area contributed by atoms with Crippen LogP contribution >= 0.6 is 0 Å². The molecule has 0 spiro atoms. The van der Waals surface area contributed by atoms with Gasteiger partial charge in [0.1, 0.15) is 23.0 Å². The Labute approximate surface area is 147 Å². The van der Waals surface area contributed by atoms with Gasteiger partial charge in [0.2, 0.25) is 0 Å². The van der Waals surface area contributed by atoms with E-state index in [2.05, 4.69) is 0 Å². The molecular formula is C18H24O6Si. The van der Waals surface area contributed by atoms with Crippen molar-refractivity contribution in [3.8, 4) is 23.0 Å². The molecule has 0 bridgehead atoms. The summed E-state index contributed by atoms with van der Waals surface area (Å²) < 4.78 is 0. The second kappa shape index (κ2) is 6.95. The number of rotatable bonds is 5. The third kappa shape index (κ3) is 4.44. The van der Waals surface area contributed by atoms with Crippen LogP contribution in [-0.4, -0.2) is 38.6 Å². The number of phenols is 4. The zero-order chi connectivity index (χ0) is 18.9. The summed E-state index contributed by atoms with van der Waals surface area (Å²) in [5.41, 5.74) is 1.69. The highest BCUT2D eigenvalue weighted by atomic mass is 28.4. The lowest BCUT2D eigenvalue weighted by atomic mass is 9.86. The van der Waals surface area contributed by atoms with E-state index in [9.17, 15) is 30.0 Å². The molecule has 2 aromatic rings. The molecule has 0 aromatic heterocycles. The van der Waals surface area contributed by atoms with Gasteiger partial charge < -0.3 is 30.0 Å². The molecule has 0 saturated carbocycles. The van der Waals surface area contributed by atoms with Gasteiger partial charge >= 0.3 is 8.56 Å². The number of hydrogen-bond acceptors (Lipinski definition) is 6. The summed E-state index contributed by atoms with van der Waals surface area (Å²) in [5.74, 6) is -0.787. The molecule has 0 fully saturated rings. The van der Waals surface area contributed by atoms with Crippen molar-refractivity contribution in [1.29, 1.82) is 0 Å². The molecule has 0 radical (unpaired) electrons. The molecule has 0 amide bonds. The number of benzene rings is 2. The third-order valence-electron chi connectivity index (χ3n) is 4.35. The van der Waals surface area contributed by atoms with E-state index in [1.165, 1.54) is 30.8 Å². The van der Waals surface area contributed by atoms with Gasteiger partial charge in [0.25, 0.3) is 0 Å². The molecular weight excluding hydrogens is 340 g/mol. The lowest BCUT2D eigenvalue weighted by Crippen LogP contribution is -2.30. The van der Waals surface area contributed by atoms with Crippen LogP contribution in [0.2, 0.25) is 12.6 Å². The minimum atomic E-state index is -3.36. The second-order valence-electron chi connectivity index (χ2n) is 6.70. The molecule has 0 heterocycles. The van der Waals surface area contributed by atoms with E-state index in [-0.39, 0.29) is 35.5 Å². The average molecular weight is 364 g/mol. The molecule has 0 aliphatic carbocycles. The van der Waals surface area contributed by atoms with E-state index in [0.29, 0.717) is 22.3 Å². The maximum Gasteiger partial charge on any atom is 0.329 e. The summed E-state index contributed by atoms with van der Waals surface area (Å²) in [6.07, 6.45) is 0.224. The number of aryl methyl sites for hydroxylation is 2. The summed E-state index contributed by atoms with van der Waals surface area (Å²) in [4.78, 5) is 19.5. The lowest BCUT2D eigenvalue weighted by Gasteiger charge is -2.23. The molecule has 0 aliphatic heterocycles. The van der Waals surface area contributed by atoms with Crippen LogP contribution < -0.4 is 0 Å². The van der Waals surface area contributed by atoms with Crippen LogP contribution in [0.5, 0.6) is 23.0 Å². The topological polar surface area (TPSA) is 121 Å². The van der Waals surface area contributed by atoms with E-state index in [1.54, 1.807) is 13.8 Å². The Hall–Kier alpha value is -2.22. The van der Waals surface area contributed by atoms with E-state index in [1.807, 2.05) is 0 Å². The highest BCUT2D eigenvalue weighted by molar-refractivity contribution is 6.63. The van der Waals surface area contributed by atoms with Crippen LogP contribution in [0.3, 0.4) is 0 Å². The van der Waals surface area contributed by atoms with E-state index in [0.717, 1.165) is 0 Å². The zero-order valence-corrected chi connectivity index (χ0v) is 15.5. The van der Waals surface area contributed by atoms with E-state index < -0.39 is 14.5 Å². The molecule has 0 saturated heterocycles. The first-order valence-electron chi connectivity index (χ1n) is 7.99. The van der Waals surface area contributed by atoms with Crippen molar-refractivity contribution < 1.29 is 30.0 Å². The Morgan fingerprint density at radius 3 is 1.52 bits per heavy atom. The van der Waals surface area contributed by atoms with Crippen molar-refractivity contribution in [2.45, 2.75) is 38.8 Å². The van der Waals surface area contributed by atoms with Crippen molar-refractivity contribution in [3.05, 3.63) is 46.5 Å². The monoisotopic (exact) mass is 364 g/mol. The van der Waals surface area contributed by atoms with Crippen molar-refractivity contribution >= 4 is 8.56 Å². The van der Waals surface area contributed by atoms with Gasteiger partial charge in [-0.15, -0.1) is 0 Å². The number of hydrogen-bond donors (Lipinski definition) is 6. The number of aromatic hydroxyl groups is 4. The van der Waals surface area contributed by atoms with Crippen molar-refractivity contribution in [1.82, 2.24) is 0 Å². The predicted molar refractivity (Wildman–Crippen MR) is 96.3 cm³/mol. The van der Waals surface area contributed by atoms with Crippen LogP contribution in [-0.2, 0) is 0 Å². The fraction of sp³-hybridized carbons (Fsp3) is 0.333. The first-order chi connectivity index (χ1) is 11.5. The third-order valence-corrected chi connectivity index (χ3v) is 5.58. The van der Waals surface area contributed by atoms with Gasteiger partial charge in [0, 0.05) is 17.0 Å². The van der Waals surface area contributed by atoms with Crippen molar-refractivity contribution in [3.63, 3.8) is 0 Å². The Bertz CT molecular complexity index is 725. The zero-order valence-electron chi connectivity index (χ0n) is 14.5. The highest BCUT2D eigenvalue weighted by Crippen LogP contribution is 2.43. The molecule has 6 N–H and O–H groups in total. The van der Waals surface area contributed by atoms with Crippen LogP contribution in [0.4, 0.5) is 0 Å². The molecule has 0 aliphatic rings. The van der Waals surface area contributed by atoms with Crippen molar-refractivity contribution in [2.24, 2.45) is 0 Å². The van der Waals surface area contributed by atoms with Gasteiger partial charge in [-0.1, -0.05) is 0 Å². The summed E-state index contributed by atoms with van der Waals surface area (Å²) in [6, 6.07) is 5.73. The van der Waals surface area contributed by atoms with E-state index in [4.69, 9.17) is 0 Å². The van der Waals surface area contributed by atoms with Gasteiger partial charge in [-0.05, 0) is 68.3 Å². The molecule has 0 atom stereocenters. The quantitative estimate of drug-likeness (QED) is 0.358. The lowest BCUT2D eigenvalue weighted by molar-refractivity contribution is 0.364. The molecule has 2 rings (SSSR count). The van der Waals surface area contributed by atoms with E-state index >= 15 is 0 Å². The largest absolute Gasteiger partial charge is 0.508 e. The standard InChI is InChI=1S/C18H24O6Si/c1-10-6-17(21)13(8-15(10)19)12(4-5-25(3,23)24)14-9-16(20)11(2)7-18(14)22/h6-9,12,19-24H,4-5H2,1-3H3. The summed E-state index contributed by atoms with van der Waals surface area (Å²) >= 11 is 0. The maximum absolute atomic E-state index is 10.3. The molecule has 0 unspecified atom stereocenters. The highest BCUT2D eigenvalue weighted by Gasteiger charge is 2.28. The van der Waals surface area contributed by atoms with Crippen LogP contribution in [0.1, 0.15) is 34.6 Å². The Morgan fingerprint density at radius 2 is 1.16 bits per heavy atom. The minimum absolute atomic E-state index is 0.0124. The Kier molecular flexibility index (Phi) is 5.31. The predicted octanol–water partition coefficient (Wildman–Crippen LogP) is 2.70. The van der Waals surface area contributed by atoms with Gasteiger partial charge in [-0.25, -0.2) is 0 Å². The fourth-order valence-corrected chi connectivity index (χ4v) is 3.68. The van der Waals surface area contributed by atoms with Crippen LogP contribution in [0.25, 0.3) is 0 Å². The fourth-order valence-electron chi connectivity index (χ4n) is 2.85. The summed E-state index contributed by atoms with van der Waals surface area (Å²) in [5, 5.41) is 40.7. The van der Waals surface area contributed by atoms with Crippen LogP contribution in [0, 0.1) is 13.8 Å². The normalized spacial score (nSPS) is 11.9.